The molecule has 0 amide bonds. The van der Waals surface area contributed by atoms with E-state index in [4.69, 9.17) is 0 Å². The Morgan fingerprint density at radius 3 is 2.32 bits per heavy atom. The lowest BCUT2D eigenvalue weighted by Crippen LogP contribution is -2.30. The fourth-order valence-electron chi connectivity index (χ4n) is 3.69. The summed E-state index contributed by atoms with van der Waals surface area (Å²) in [7, 11) is -4.09. The van der Waals surface area contributed by atoms with E-state index in [1.54, 1.807) is 37.3 Å². The fraction of sp³-hybridized carbons (Fsp3) is 0.143. The van der Waals surface area contributed by atoms with Gasteiger partial charge in [0.05, 0.1) is 6.04 Å². The van der Waals surface area contributed by atoms with Crippen molar-refractivity contribution in [3.05, 3.63) is 82.9 Å². The molecule has 4 rings (SSSR count). The molecule has 0 bridgehead atoms. The van der Waals surface area contributed by atoms with Crippen LogP contribution in [0.2, 0.25) is 0 Å². The zero-order valence-electron chi connectivity index (χ0n) is 15.1. The van der Waals surface area contributed by atoms with Crippen LogP contribution >= 0.6 is 0 Å². The summed E-state index contributed by atoms with van der Waals surface area (Å²) >= 11 is 0. The second kappa shape index (κ2) is 6.54. The molecule has 0 radical (unpaired) electrons. The summed E-state index contributed by atoms with van der Waals surface area (Å²) in [6.45, 7) is 1.72. The molecule has 7 heteroatoms. The molecule has 6 nitrogen and oxygen atoms in total. The van der Waals surface area contributed by atoms with Crippen molar-refractivity contribution in [1.29, 1.82) is 0 Å². The van der Waals surface area contributed by atoms with E-state index in [1.807, 2.05) is 6.07 Å². The molecular weight excluding hydrogens is 378 g/mol. The SMILES string of the molecule is Cc1ccc(S(=O)(=O)N2Cc3cc(O)cc(O)c3C2c2ccccc2)c(O)c1. The van der Waals surface area contributed by atoms with Gasteiger partial charge in [-0.05, 0) is 41.8 Å². The molecule has 1 heterocycles. The van der Waals surface area contributed by atoms with Gasteiger partial charge in [0.1, 0.15) is 22.1 Å². The first kappa shape index (κ1) is 18.3. The minimum atomic E-state index is -4.09. The summed E-state index contributed by atoms with van der Waals surface area (Å²) in [5.41, 5.74) is 2.36. The van der Waals surface area contributed by atoms with Crippen molar-refractivity contribution in [3.8, 4) is 17.2 Å². The predicted molar refractivity (Wildman–Crippen MR) is 104 cm³/mol. The summed E-state index contributed by atoms with van der Waals surface area (Å²) < 4.78 is 28.1. The van der Waals surface area contributed by atoms with Gasteiger partial charge in [-0.3, -0.25) is 0 Å². The molecule has 3 aromatic carbocycles. The van der Waals surface area contributed by atoms with Crippen LogP contribution in [0.4, 0.5) is 0 Å². The van der Waals surface area contributed by atoms with Crippen molar-refractivity contribution in [3.63, 3.8) is 0 Å². The van der Waals surface area contributed by atoms with E-state index in [2.05, 4.69) is 0 Å². The van der Waals surface area contributed by atoms with Gasteiger partial charge >= 0.3 is 0 Å². The maximum absolute atomic E-state index is 13.4. The highest BCUT2D eigenvalue weighted by Gasteiger charge is 2.42. The van der Waals surface area contributed by atoms with Crippen molar-refractivity contribution in [1.82, 2.24) is 4.31 Å². The molecule has 1 aliphatic heterocycles. The molecule has 144 valence electrons. The van der Waals surface area contributed by atoms with Crippen molar-refractivity contribution < 1.29 is 23.7 Å². The molecule has 0 saturated carbocycles. The van der Waals surface area contributed by atoms with Crippen LogP contribution in [0.5, 0.6) is 17.2 Å². The molecule has 1 atom stereocenters. The monoisotopic (exact) mass is 397 g/mol. The maximum Gasteiger partial charge on any atom is 0.247 e. The topological polar surface area (TPSA) is 98.1 Å². The summed E-state index contributed by atoms with van der Waals surface area (Å²) in [6.07, 6.45) is 0. The van der Waals surface area contributed by atoms with Crippen molar-refractivity contribution in [2.24, 2.45) is 0 Å². The van der Waals surface area contributed by atoms with Crippen LogP contribution in [0, 0.1) is 6.92 Å². The molecule has 3 aromatic rings. The van der Waals surface area contributed by atoms with E-state index in [0.717, 1.165) is 5.56 Å². The van der Waals surface area contributed by atoms with Gasteiger partial charge in [0.25, 0.3) is 0 Å². The summed E-state index contributed by atoms with van der Waals surface area (Å²) in [4.78, 5) is -0.199. The van der Waals surface area contributed by atoms with Crippen molar-refractivity contribution in [2.75, 3.05) is 0 Å². The summed E-state index contributed by atoms with van der Waals surface area (Å²) in [6, 6.07) is 15.2. The molecular formula is C21H19NO5S. The number of aryl methyl sites for hydroxylation is 1. The van der Waals surface area contributed by atoms with Crippen molar-refractivity contribution >= 4 is 10.0 Å². The van der Waals surface area contributed by atoms with Gasteiger partial charge < -0.3 is 15.3 Å². The van der Waals surface area contributed by atoms with Gasteiger partial charge in [0, 0.05) is 18.2 Å². The van der Waals surface area contributed by atoms with E-state index in [1.165, 1.54) is 28.6 Å². The molecule has 0 aromatic heterocycles. The van der Waals surface area contributed by atoms with E-state index in [9.17, 15) is 23.7 Å². The highest BCUT2D eigenvalue weighted by atomic mass is 32.2. The lowest BCUT2D eigenvalue weighted by molar-refractivity contribution is 0.375. The fourth-order valence-corrected chi connectivity index (χ4v) is 5.32. The zero-order chi connectivity index (χ0) is 20.1. The number of rotatable bonds is 3. The number of nitrogens with zero attached hydrogens (tertiary/aromatic N) is 1. The third kappa shape index (κ3) is 2.89. The first-order chi connectivity index (χ1) is 13.3. The van der Waals surface area contributed by atoms with E-state index in [-0.39, 0.29) is 28.7 Å². The second-order valence-electron chi connectivity index (χ2n) is 6.87. The van der Waals surface area contributed by atoms with Crippen LogP contribution in [0.1, 0.15) is 28.3 Å². The third-order valence-electron chi connectivity index (χ3n) is 4.93. The van der Waals surface area contributed by atoms with Gasteiger partial charge in [0.15, 0.2) is 0 Å². The molecule has 3 N–H and O–H groups in total. The standard InChI is InChI=1S/C21H19NO5S/c1-13-7-8-19(17(24)9-13)28(26,27)22-12-15-10-16(23)11-18(25)20(15)21(22)14-5-3-2-4-6-14/h2-11,21,23-25H,12H2,1H3. The number of hydrogen-bond acceptors (Lipinski definition) is 5. The van der Waals surface area contributed by atoms with Gasteiger partial charge in [-0.25, -0.2) is 8.42 Å². The van der Waals surface area contributed by atoms with Gasteiger partial charge in [-0.1, -0.05) is 36.4 Å². The Hall–Kier alpha value is -3.03. The third-order valence-corrected chi connectivity index (χ3v) is 6.79. The Kier molecular flexibility index (Phi) is 4.28. The van der Waals surface area contributed by atoms with E-state index < -0.39 is 16.1 Å². The average Bonchev–Trinajstić information content (AvgIpc) is 3.02. The average molecular weight is 397 g/mol. The number of fused-ring (bicyclic) bond motifs is 1. The molecule has 0 aliphatic carbocycles. The Morgan fingerprint density at radius 2 is 1.64 bits per heavy atom. The molecule has 0 fully saturated rings. The minimum absolute atomic E-state index is 0.0352. The molecule has 0 spiro atoms. The number of aromatic hydroxyl groups is 3. The van der Waals surface area contributed by atoms with E-state index >= 15 is 0 Å². The number of hydrogen-bond donors (Lipinski definition) is 3. The van der Waals surface area contributed by atoms with Crippen LogP contribution in [0.15, 0.2) is 65.6 Å². The van der Waals surface area contributed by atoms with Gasteiger partial charge in [0.2, 0.25) is 10.0 Å². The number of benzene rings is 3. The zero-order valence-corrected chi connectivity index (χ0v) is 15.9. The maximum atomic E-state index is 13.4. The van der Waals surface area contributed by atoms with Crippen LogP contribution in [0.3, 0.4) is 0 Å². The van der Waals surface area contributed by atoms with Crippen LogP contribution in [-0.2, 0) is 16.6 Å². The smallest absolute Gasteiger partial charge is 0.247 e. The molecule has 1 aliphatic rings. The normalized spacial score (nSPS) is 16.8. The molecule has 0 saturated heterocycles. The van der Waals surface area contributed by atoms with Gasteiger partial charge in [-0.15, -0.1) is 0 Å². The van der Waals surface area contributed by atoms with Gasteiger partial charge in [-0.2, -0.15) is 4.31 Å². The highest BCUT2D eigenvalue weighted by molar-refractivity contribution is 7.89. The molecule has 28 heavy (non-hydrogen) atoms. The number of sulfonamides is 1. The second-order valence-corrected chi connectivity index (χ2v) is 8.73. The Bertz CT molecular complexity index is 1160. The van der Waals surface area contributed by atoms with E-state index in [0.29, 0.717) is 16.7 Å². The Balaban J connectivity index is 1.92. The predicted octanol–water partition coefficient (Wildman–Crippen LogP) is 3.41. The Morgan fingerprint density at radius 1 is 0.929 bits per heavy atom. The molecule has 1 unspecified atom stereocenters. The number of phenols is 3. The summed E-state index contributed by atoms with van der Waals surface area (Å²) in [5, 5.41) is 30.6. The highest BCUT2D eigenvalue weighted by Crippen LogP contribution is 2.47. The summed E-state index contributed by atoms with van der Waals surface area (Å²) in [5.74, 6) is -0.634. The van der Waals surface area contributed by atoms with Crippen LogP contribution in [-0.4, -0.2) is 28.0 Å². The largest absolute Gasteiger partial charge is 0.508 e. The van der Waals surface area contributed by atoms with Crippen molar-refractivity contribution in [2.45, 2.75) is 24.4 Å². The lowest BCUT2D eigenvalue weighted by atomic mass is 9.97. The van der Waals surface area contributed by atoms with Crippen LogP contribution < -0.4 is 0 Å². The minimum Gasteiger partial charge on any atom is -0.508 e. The lowest BCUT2D eigenvalue weighted by Gasteiger charge is -2.25. The Labute approximate surface area is 163 Å². The van der Waals surface area contributed by atoms with Crippen LogP contribution in [0.25, 0.3) is 0 Å². The first-order valence-electron chi connectivity index (χ1n) is 8.70. The quantitative estimate of drug-likeness (QED) is 0.629. The number of phenolic OH excluding ortho intramolecular Hbond substituents is 3. The first-order valence-corrected chi connectivity index (χ1v) is 10.1.